The Morgan fingerprint density at radius 3 is 2.67 bits per heavy atom. The average molecular weight is 220 g/mol. The smallest absolute Gasteiger partial charge is 0.111 e. The number of aliphatic imine (C=N–C) groups is 1. The van der Waals surface area contributed by atoms with Crippen molar-refractivity contribution in [3.63, 3.8) is 0 Å². The van der Waals surface area contributed by atoms with E-state index >= 15 is 0 Å². The van der Waals surface area contributed by atoms with Crippen LogP contribution < -0.4 is 0 Å². The quantitative estimate of drug-likeness (QED) is 0.535. The normalized spacial score (nSPS) is 11.7. The lowest BCUT2D eigenvalue weighted by Crippen LogP contribution is -2.03. The summed E-state index contributed by atoms with van der Waals surface area (Å²) in [6.45, 7) is 1.93. The molecule has 0 unspecified atom stereocenters. The molecule has 1 aromatic heterocycles. The van der Waals surface area contributed by atoms with Crippen molar-refractivity contribution < 1.29 is 0 Å². The van der Waals surface area contributed by atoms with Gasteiger partial charge in [-0.2, -0.15) is 0 Å². The maximum absolute atomic E-state index is 5.78. The van der Waals surface area contributed by atoms with Crippen LogP contribution in [0.1, 0.15) is 6.92 Å². The predicted octanol–water partition coefficient (Wildman–Crippen LogP) is 3.13. The van der Waals surface area contributed by atoms with E-state index in [9.17, 15) is 0 Å². The van der Waals surface area contributed by atoms with Gasteiger partial charge in [0.1, 0.15) is 12.2 Å². The third-order valence-electron chi connectivity index (χ3n) is 2.00. The monoisotopic (exact) mass is 219 g/mol. The number of rotatable bonds is 1. The Hall–Kier alpha value is -1.61. The summed E-state index contributed by atoms with van der Waals surface area (Å²) >= 11 is 5.78. The van der Waals surface area contributed by atoms with Gasteiger partial charge in [0.2, 0.25) is 0 Å². The number of benzene rings is 1. The molecule has 4 heteroatoms. The van der Waals surface area contributed by atoms with Gasteiger partial charge >= 0.3 is 0 Å². The Kier molecular flexibility index (Phi) is 2.83. The van der Waals surface area contributed by atoms with Crippen LogP contribution in [0.5, 0.6) is 0 Å². The second kappa shape index (κ2) is 4.28. The number of hydrogen-bond acceptors (Lipinski definition) is 2. The first-order valence-corrected chi connectivity index (χ1v) is 4.93. The molecule has 0 fully saturated rings. The second-order valence-electron chi connectivity index (χ2n) is 3.11. The van der Waals surface area contributed by atoms with Crippen LogP contribution in [-0.4, -0.2) is 15.4 Å². The minimum absolute atomic E-state index is 0.717. The first-order valence-electron chi connectivity index (χ1n) is 4.55. The van der Waals surface area contributed by atoms with Gasteiger partial charge in [-0.05, 0) is 31.2 Å². The molecule has 1 heterocycles. The standard InChI is InChI=1S/C11H10ClN3/c1-9(15-7-6-13-8-15)14-11-4-2-10(12)3-5-11/h2-8H,1H3. The minimum Gasteiger partial charge on any atom is -0.294 e. The highest BCUT2D eigenvalue weighted by Crippen LogP contribution is 2.16. The Balaban J connectivity index is 2.27. The summed E-state index contributed by atoms with van der Waals surface area (Å²) in [6, 6.07) is 7.40. The summed E-state index contributed by atoms with van der Waals surface area (Å²) in [5.74, 6) is 0.870. The van der Waals surface area contributed by atoms with Gasteiger partial charge in [-0.15, -0.1) is 0 Å². The molecule has 1 aromatic carbocycles. The second-order valence-corrected chi connectivity index (χ2v) is 3.54. The van der Waals surface area contributed by atoms with Crippen molar-refractivity contribution in [1.82, 2.24) is 9.55 Å². The van der Waals surface area contributed by atoms with E-state index in [1.54, 1.807) is 12.5 Å². The van der Waals surface area contributed by atoms with Gasteiger partial charge in [0.05, 0.1) is 5.69 Å². The molecule has 0 saturated carbocycles. The topological polar surface area (TPSA) is 30.2 Å². The molecule has 0 spiro atoms. The molecule has 76 valence electrons. The van der Waals surface area contributed by atoms with Crippen LogP contribution in [0.25, 0.3) is 0 Å². The maximum Gasteiger partial charge on any atom is 0.111 e. The van der Waals surface area contributed by atoms with Gasteiger partial charge in [-0.25, -0.2) is 9.98 Å². The molecule has 2 rings (SSSR count). The molecule has 0 saturated heterocycles. The molecule has 0 amide bonds. The Morgan fingerprint density at radius 1 is 1.33 bits per heavy atom. The summed E-state index contributed by atoms with van der Waals surface area (Å²) in [6.07, 6.45) is 5.30. The van der Waals surface area contributed by atoms with E-state index in [0.717, 1.165) is 11.5 Å². The Morgan fingerprint density at radius 2 is 2.07 bits per heavy atom. The lowest BCUT2D eigenvalue weighted by Gasteiger charge is -2.00. The first-order chi connectivity index (χ1) is 7.25. The molecule has 3 nitrogen and oxygen atoms in total. The number of imidazole rings is 1. The van der Waals surface area contributed by atoms with Gasteiger partial charge in [0.15, 0.2) is 0 Å². The Labute approximate surface area is 93.1 Å². The zero-order valence-electron chi connectivity index (χ0n) is 8.26. The van der Waals surface area contributed by atoms with E-state index in [1.807, 2.05) is 42.0 Å². The SMILES string of the molecule is CC(=Nc1ccc(Cl)cc1)n1ccnc1. The fourth-order valence-corrected chi connectivity index (χ4v) is 1.34. The van der Waals surface area contributed by atoms with Gasteiger partial charge < -0.3 is 0 Å². The number of halogens is 1. The maximum atomic E-state index is 5.78. The van der Waals surface area contributed by atoms with E-state index < -0.39 is 0 Å². The molecule has 0 N–H and O–H groups in total. The molecule has 0 aliphatic rings. The summed E-state index contributed by atoms with van der Waals surface area (Å²) < 4.78 is 1.86. The van der Waals surface area contributed by atoms with E-state index in [0.29, 0.717) is 5.02 Å². The lowest BCUT2D eigenvalue weighted by molar-refractivity contribution is 1.11. The summed E-state index contributed by atoms with van der Waals surface area (Å²) in [4.78, 5) is 8.38. The number of aromatic nitrogens is 2. The molecule has 0 radical (unpaired) electrons. The average Bonchev–Trinajstić information content (AvgIpc) is 2.74. The van der Waals surface area contributed by atoms with Crippen LogP contribution in [0.15, 0.2) is 48.0 Å². The predicted molar refractivity (Wildman–Crippen MR) is 61.8 cm³/mol. The fourth-order valence-electron chi connectivity index (χ4n) is 1.21. The van der Waals surface area contributed by atoms with Crippen molar-refractivity contribution >= 4 is 23.1 Å². The first kappa shape index (κ1) is 9.93. The molecule has 2 aromatic rings. The van der Waals surface area contributed by atoms with Crippen LogP contribution in [0.4, 0.5) is 5.69 Å². The molecule has 0 aliphatic heterocycles. The lowest BCUT2D eigenvalue weighted by atomic mass is 10.3. The van der Waals surface area contributed by atoms with Gasteiger partial charge in [0, 0.05) is 17.4 Å². The number of hydrogen-bond donors (Lipinski definition) is 0. The molecular weight excluding hydrogens is 210 g/mol. The number of nitrogens with zero attached hydrogens (tertiary/aromatic N) is 3. The van der Waals surface area contributed by atoms with Gasteiger partial charge in [0.25, 0.3) is 0 Å². The largest absolute Gasteiger partial charge is 0.294 e. The molecule has 0 atom stereocenters. The molecular formula is C11H10ClN3. The third-order valence-corrected chi connectivity index (χ3v) is 2.25. The van der Waals surface area contributed by atoms with Crippen molar-refractivity contribution in [1.29, 1.82) is 0 Å². The van der Waals surface area contributed by atoms with Crippen LogP contribution in [0, 0.1) is 0 Å². The summed E-state index contributed by atoms with van der Waals surface area (Å²) in [5.41, 5.74) is 0.880. The fraction of sp³-hybridized carbons (Fsp3) is 0.0909. The van der Waals surface area contributed by atoms with Gasteiger partial charge in [-0.3, -0.25) is 4.57 Å². The van der Waals surface area contributed by atoms with Crippen LogP contribution in [0.3, 0.4) is 0 Å². The van der Waals surface area contributed by atoms with E-state index in [4.69, 9.17) is 11.6 Å². The zero-order chi connectivity index (χ0) is 10.7. The highest BCUT2D eigenvalue weighted by Gasteiger charge is 1.95. The van der Waals surface area contributed by atoms with E-state index in [1.165, 1.54) is 0 Å². The van der Waals surface area contributed by atoms with E-state index in [-0.39, 0.29) is 0 Å². The highest BCUT2D eigenvalue weighted by molar-refractivity contribution is 6.30. The van der Waals surface area contributed by atoms with Crippen molar-refractivity contribution in [2.45, 2.75) is 6.92 Å². The zero-order valence-corrected chi connectivity index (χ0v) is 9.02. The van der Waals surface area contributed by atoms with E-state index in [2.05, 4.69) is 9.98 Å². The van der Waals surface area contributed by atoms with Crippen molar-refractivity contribution in [3.05, 3.63) is 48.0 Å². The third kappa shape index (κ3) is 2.44. The Bertz CT molecular complexity index is 457. The molecule has 0 bridgehead atoms. The van der Waals surface area contributed by atoms with Crippen molar-refractivity contribution in [2.75, 3.05) is 0 Å². The van der Waals surface area contributed by atoms with Crippen molar-refractivity contribution in [3.8, 4) is 0 Å². The summed E-state index contributed by atoms with van der Waals surface area (Å²) in [7, 11) is 0. The van der Waals surface area contributed by atoms with Crippen LogP contribution in [0.2, 0.25) is 5.02 Å². The van der Waals surface area contributed by atoms with Crippen LogP contribution in [-0.2, 0) is 0 Å². The summed E-state index contributed by atoms with van der Waals surface area (Å²) in [5, 5.41) is 0.717. The molecule has 15 heavy (non-hydrogen) atoms. The van der Waals surface area contributed by atoms with Crippen molar-refractivity contribution in [2.24, 2.45) is 4.99 Å². The highest BCUT2D eigenvalue weighted by atomic mass is 35.5. The van der Waals surface area contributed by atoms with Crippen LogP contribution >= 0.6 is 11.6 Å². The minimum atomic E-state index is 0.717. The molecule has 0 aliphatic carbocycles. The van der Waals surface area contributed by atoms with Gasteiger partial charge in [-0.1, -0.05) is 11.6 Å².